The summed E-state index contributed by atoms with van der Waals surface area (Å²) < 4.78 is 0. The van der Waals surface area contributed by atoms with Crippen molar-refractivity contribution in [1.82, 2.24) is 4.90 Å². The molecule has 3 heteroatoms. The molecule has 1 aliphatic carbocycles. The molecule has 1 aliphatic rings. The standard InChI is InChI=1S/C16H27NOS/c1-12(14-8-6-10-19-14)17(4)11-13-7-5-9-16(2,3)15(13)18/h6,8,10,12-13,15,18H,5,7,9,11H2,1-4H3. The summed E-state index contributed by atoms with van der Waals surface area (Å²) in [6, 6.07) is 4.76. The van der Waals surface area contributed by atoms with Crippen LogP contribution in [0.3, 0.4) is 0 Å². The zero-order valence-corrected chi connectivity index (χ0v) is 13.4. The fourth-order valence-corrected chi connectivity index (χ4v) is 4.08. The summed E-state index contributed by atoms with van der Waals surface area (Å²) in [7, 11) is 2.18. The Morgan fingerprint density at radius 2 is 2.26 bits per heavy atom. The maximum atomic E-state index is 10.5. The molecule has 1 heterocycles. The van der Waals surface area contributed by atoms with Crippen LogP contribution in [0.1, 0.15) is 51.0 Å². The average Bonchev–Trinajstić information content (AvgIpc) is 2.87. The third kappa shape index (κ3) is 3.39. The van der Waals surface area contributed by atoms with Crippen LogP contribution in [0.4, 0.5) is 0 Å². The summed E-state index contributed by atoms with van der Waals surface area (Å²) in [4.78, 5) is 3.80. The minimum atomic E-state index is -0.167. The molecule has 3 atom stereocenters. The van der Waals surface area contributed by atoms with Gasteiger partial charge in [0.05, 0.1) is 6.10 Å². The van der Waals surface area contributed by atoms with Crippen LogP contribution >= 0.6 is 11.3 Å². The van der Waals surface area contributed by atoms with Gasteiger partial charge >= 0.3 is 0 Å². The first-order valence-electron chi connectivity index (χ1n) is 7.33. The van der Waals surface area contributed by atoms with Gasteiger partial charge in [0.15, 0.2) is 0 Å². The predicted octanol–water partition coefficient (Wildman–Crippen LogP) is 3.93. The Kier molecular flexibility index (Phi) is 4.70. The fourth-order valence-electron chi connectivity index (χ4n) is 3.23. The van der Waals surface area contributed by atoms with Crippen molar-refractivity contribution in [2.24, 2.45) is 11.3 Å². The number of aliphatic hydroxyl groups excluding tert-OH is 1. The number of thiophene rings is 1. The molecule has 0 aromatic carbocycles. The van der Waals surface area contributed by atoms with Crippen LogP contribution in [0.25, 0.3) is 0 Å². The monoisotopic (exact) mass is 281 g/mol. The van der Waals surface area contributed by atoms with Gasteiger partial charge in [-0.15, -0.1) is 11.3 Å². The number of hydrogen-bond donors (Lipinski definition) is 1. The largest absolute Gasteiger partial charge is 0.392 e. The first-order chi connectivity index (χ1) is 8.92. The minimum Gasteiger partial charge on any atom is -0.392 e. The Labute approximate surface area is 121 Å². The van der Waals surface area contributed by atoms with Gasteiger partial charge in [-0.2, -0.15) is 0 Å². The predicted molar refractivity (Wildman–Crippen MR) is 82.5 cm³/mol. The van der Waals surface area contributed by atoms with E-state index in [4.69, 9.17) is 0 Å². The molecule has 0 bridgehead atoms. The molecule has 1 aromatic rings. The second-order valence-electron chi connectivity index (χ2n) is 6.72. The van der Waals surface area contributed by atoms with Crippen LogP contribution in [-0.4, -0.2) is 29.7 Å². The molecule has 2 rings (SSSR count). The summed E-state index contributed by atoms with van der Waals surface area (Å²) in [5.74, 6) is 0.413. The maximum absolute atomic E-state index is 10.5. The van der Waals surface area contributed by atoms with Gasteiger partial charge in [-0.1, -0.05) is 26.3 Å². The Balaban J connectivity index is 1.96. The van der Waals surface area contributed by atoms with Crippen molar-refractivity contribution in [3.8, 4) is 0 Å². The van der Waals surface area contributed by atoms with Crippen molar-refractivity contribution >= 4 is 11.3 Å². The highest BCUT2D eigenvalue weighted by atomic mass is 32.1. The van der Waals surface area contributed by atoms with Crippen molar-refractivity contribution in [3.63, 3.8) is 0 Å². The van der Waals surface area contributed by atoms with Gasteiger partial charge in [0, 0.05) is 17.5 Å². The first kappa shape index (κ1) is 15.0. The highest BCUT2D eigenvalue weighted by molar-refractivity contribution is 7.10. The lowest BCUT2D eigenvalue weighted by Gasteiger charge is -2.42. The Bertz CT molecular complexity index is 387. The quantitative estimate of drug-likeness (QED) is 0.904. The van der Waals surface area contributed by atoms with Gasteiger partial charge in [-0.25, -0.2) is 0 Å². The van der Waals surface area contributed by atoms with Crippen LogP contribution in [0.5, 0.6) is 0 Å². The van der Waals surface area contributed by atoms with Crippen molar-refractivity contribution in [2.45, 2.75) is 52.2 Å². The van der Waals surface area contributed by atoms with E-state index in [1.54, 1.807) is 0 Å². The van der Waals surface area contributed by atoms with Gasteiger partial charge in [0.25, 0.3) is 0 Å². The highest BCUT2D eigenvalue weighted by Crippen LogP contribution is 2.39. The van der Waals surface area contributed by atoms with Crippen molar-refractivity contribution < 1.29 is 5.11 Å². The van der Waals surface area contributed by atoms with E-state index < -0.39 is 0 Å². The molecule has 1 saturated carbocycles. The Morgan fingerprint density at radius 3 is 2.89 bits per heavy atom. The Hall–Kier alpha value is -0.380. The smallest absolute Gasteiger partial charge is 0.0631 e. The van der Waals surface area contributed by atoms with E-state index in [2.05, 4.69) is 50.2 Å². The minimum absolute atomic E-state index is 0.0793. The molecule has 1 aromatic heterocycles. The van der Waals surface area contributed by atoms with Gasteiger partial charge in [-0.05, 0) is 49.6 Å². The number of nitrogens with zero attached hydrogens (tertiary/aromatic N) is 1. The molecule has 0 saturated heterocycles. The number of hydrogen-bond acceptors (Lipinski definition) is 3. The molecular formula is C16H27NOS. The molecule has 2 nitrogen and oxygen atoms in total. The first-order valence-corrected chi connectivity index (χ1v) is 8.21. The SMILES string of the molecule is CC(c1cccs1)N(C)CC1CCCC(C)(C)C1O. The summed E-state index contributed by atoms with van der Waals surface area (Å²) in [5, 5.41) is 12.7. The van der Waals surface area contributed by atoms with Crippen molar-refractivity contribution in [3.05, 3.63) is 22.4 Å². The van der Waals surface area contributed by atoms with Gasteiger partial charge in [-0.3, -0.25) is 4.90 Å². The second kappa shape index (κ2) is 5.94. The molecule has 19 heavy (non-hydrogen) atoms. The molecule has 0 radical (unpaired) electrons. The second-order valence-corrected chi connectivity index (χ2v) is 7.70. The van der Waals surface area contributed by atoms with E-state index >= 15 is 0 Å². The van der Waals surface area contributed by atoms with Crippen LogP contribution < -0.4 is 0 Å². The van der Waals surface area contributed by atoms with Gasteiger partial charge < -0.3 is 5.11 Å². The third-order valence-electron chi connectivity index (χ3n) is 4.78. The molecule has 1 N–H and O–H groups in total. The third-order valence-corrected chi connectivity index (χ3v) is 5.82. The highest BCUT2D eigenvalue weighted by Gasteiger charge is 2.38. The van der Waals surface area contributed by atoms with Crippen LogP contribution in [0.15, 0.2) is 17.5 Å². The maximum Gasteiger partial charge on any atom is 0.0631 e. The van der Waals surface area contributed by atoms with Crippen LogP contribution in [0.2, 0.25) is 0 Å². The van der Waals surface area contributed by atoms with Crippen molar-refractivity contribution in [1.29, 1.82) is 0 Å². The topological polar surface area (TPSA) is 23.5 Å². The molecule has 0 amide bonds. The molecule has 1 fully saturated rings. The van der Waals surface area contributed by atoms with E-state index in [1.807, 2.05) is 11.3 Å². The van der Waals surface area contributed by atoms with Crippen LogP contribution in [0, 0.1) is 11.3 Å². The Morgan fingerprint density at radius 1 is 1.53 bits per heavy atom. The fraction of sp³-hybridized carbons (Fsp3) is 0.750. The average molecular weight is 281 g/mol. The molecule has 0 aliphatic heterocycles. The molecule has 0 spiro atoms. The lowest BCUT2D eigenvalue weighted by Crippen LogP contribution is -2.44. The number of rotatable bonds is 4. The van der Waals surface area contributed by atoms with E-state index in [0.717, 1.165) is 19.4 Å². The number of aliphatic hydroxyl groups is 1. The zero-order valence-electron chi connectivity index (χ0n) is 12.6. The molecular weight excluding hydrogens is 254 g/mol. The van der Waals surface area contributed by atoms with Crippen molar-refractivity contribution in [2.75, 3.05) is 13.6 Å². The van der Waals surface area contributed by atoms with Crippen LogP contribution in [-0.2, 0) is 0 Å². The summed E-state index contributed by atoms with van der Waals surface area (Å²) >= 11 is 1.82. The van der Waals surface area contributed by atoms with Gasteiger partial charge in [0.1, 0.15) is 0 Å². The molecule has 108 valence electrons. The summed E-state index contributed by atoms with van der Waals surface area (Å²) in [5.41, 5.74) is 0.0793. The lowest BCUT2D eigenvalue weighted by molar-refractivity contribution is -0.0436. The lowest BCUT2D eigenvalue weighted by atomic mass is 9.69. The van der Waals surface area contributed by atoms with Gasteiger partial charge in [0.2, 0.25) is 0 Å². The van der Waals surface area contributed by atoms with E-state index in [0.29, 0.717) is 12.0 Å². The summed E-state index contributed by atoms with van der Waals surface area (Å²) in [6.07, 6.45) is 3.39. The molecule has 3 unspecified atom stereocenters. The van der Waals surface area contributed by atoms with E-state index in [9.17, 15) is 5.11 Å². The summed E-state index contributed by atoms with van der Waals surface area (Å²) in [6.45, 7) is 7.65. The van der Waals surface area contributed by atoms with E-state index in [1.165, 1.54) is 11.3 Å². The normalized spacial score (nSPS) is 28.5. The zero-order chi connectivity index (χ0) is 14.0. The van der Waals surface area contributed by atoms with E-state index in [-0.39, 0.29) is 11.5 Å².